The molecule has 4 aliphatic carbocycles. The Hall–Kier alpha value is -0.570. The predicted molar refractivity (Wildman–Crippen MR) is 78.6 cm³/mol. The van der Waals surface area contributed by atoms with E-state index in [0.29, 0.717) is 10.5 Å². The average molecular weight is 324 g/mol. The third-order valence-corrected chi connectivity index (χ3v) is 6.12. The van der Waals surface area contributed by atoms with Crippen molar-refractivity contribution in [3.05, 3.63) is 28.5 Å². The van der Waals surface area contributed by atoms with E-state index in [1.54, 1.807) is 12.1 Å². The van der Waals surface area contributed by atoms with Crippen LogP contribution in [0.1, 0.15) is 32.1 Å². The van der Waals surface area contributed by atoms with Gasteiger partial charge in [0.15, 0.2) is 0 Å². The van der Waals surface area contributed by atoms with Gasteiger partial charge in [0.05, 0.1) is 4.47 Å². The first-order valence-corrected chi connectivity index (χ1v) is 8.20. The van der Waals surface area contributed by atoms with Gasteiger partial charge in [-0.3, -0.25) is 0 Å². The Bertz CT molecular complexity index is 474. The molecule has 1 aromatic carbocycles. The highest BCUT2D eigenvalue weighted by Crippen LogP contribution is 2.54. The smallest absolute Gasteiger partial charge is 0.139 e. The highest BCUT2D eigenvalue weighted by Gasteiger charge is 2.48. The molecule has 0 aliphatic heterocycles. The molecule has 3 heteroatoms. The van der Waals surface area contributed by atoms with Gasteiger partial charge in [-0.25, -0.2) is 4.39 Å². The van der Waals surface area contributed by atoms with E-state index >= 15 is 0 Å². The molecule has 19 heavy (non-hydrogen) atoms. The van der Waals surface area contributed by atoms with Crippen molar-refractivity contribution in [1.29, 1.82) is 0 Å². The maximum absolute atomic E-state index is 13.6. The van der Waals surface area contributed by atoms with Crippen molar-refractivity contribution in [2.45, 2.75) is 38.1 Å². The normalized spacial score (nSPS) is 39.6. The third kappa shape index (κ3) is 2.10. The van der Waals surface area contributed by atoms with Crippen LogP contribution in [0, 0.1) is 29.5 Å². The van der Waals surface area contributed by atoms with Gasteiger partial charge in [0.25, 0.3) is 0 Å². The summed E-state index contributed by atoms with van der Waals surface area (Å²) >= 11 is 3.21. The fraction of sp³-hybridized carbons (Fsp3) is 0.625. The Morgan fingerprint density at radius 2 is 1.63 bits per heavy atom. The summed E-state index contributed by atoms with van der Waals surface area (Å²) in [4.78, 5) is 0. The lowest BCUT2D eigenvalue weighted by Gasteiger charge is -2.54. The maximum atomic E-state index is 13.6. The molecular weight excluding hydrogens is 305 g/mol. The van der Waals surface area contributed by atoms with Crippen LogP contribution in [0.2, 0.25) is 0 Å². The second-order valence-corrected chi connectivity index (χ2v) is 7.58. The Morgan fingerprint density at radius 1 is 1.00 bits per heavy atom. The van der Waals surface area contributed by atoms with Crippen LogP contribution in [-0.4, -0.2) is 6.04 Å². The molecule has 102 valence electrons. The molecule has 1 nitrogen and oxygen atoms in total. The molecule has 4 fully saturated rings. The quantitative estimate of drug-likeness (QED) is 0.822. The average Bonchev–Trinajstić information content (AvgIpc) is 2.37. The second kappa shape index (κ2) is 4.47. The molecular formula is C16H19BrFN. The third-order valence-electron chi connectivity index (χ3n) is 5.48. The number of nitrogens with one attached hydrogen (secondary N) is 1. The van der Waals surface area contributed by atoms with Crippen LogP contribution in [0.25, 0.3) is 0 Å². The zero-order valence-electron chi connectivity index (χ0n) is 10.9. The van der Waals surface area contributed by atoms with Crippen molar-refractivity contribution in [1.82, 2.24) is 0 Å². The number of hydrogen-bond acceptors (Lipinski definition) is 1. The Balaban J connectivity index is 1.55. The minimum atomic E-state index is -0.172. The number of rotatable bonds is 2. The summed E-state index contributed by atoms with van der Waals surface area (Å²) in [7, 11) is 0. The molecule has 0 saturated heterocycles. The molecule has 0 unspecified atom stereocenters. The molecule has 0 radical (unpaired) electrons. The van der Waals surface area contributed by atoms with E-state index in [0.717, 1.165) is 29.4 Å². The SMILES string of the molecule is Fc1cc(NC2C3CC4CC(C3)CC2C4)ccc1Br. The summed E-state index contributed by atoms with van der Waals surface area (Å²) in [6.45, 7) is 0. The summed E-state index contributed by atoms with van der Waals surface area (Å²) in [5.74, 6) is 3.45. The molecule has 4 saturated carbocycles. The van der Waals surface area contributed by atoms with Crippen LogP contribution < -0.4 is 5.32 Å². The van der Waals surface area contributed by atoms with Crippen LogP contribution in [0.4, 0.5) is 10.1 Å². The van der Waals surface area contributed by atoms with Gasteiger partial charge in [-0.05, 0) is 89.9 Å². The highest BCUT2D eigenvalue weighted by atomic mass is 79.9. The summed E-state index contributed by atoms with van der Waals surface area (Å²) in [6, 6.07) is 5.98. The first kappa shape index (κ1) is 12.2. The van der Waals surface area contributed by atoms with Crippen molar-refractivity contribution in [3.63, 3.8) is 0 Å². The van der Waals surface area contributed by atoms with Crippen LogP contribution in [0.5, 0.6) is 0 Å². The Labute approximate surface area is 122 Å². The van der Waals surface area contributed by atoms with Gasteiger partial charge in [-0.15, -0.1) is 0 Å². The van der Waals surface area contributed by atoms with Gasteiger partial charge in [0.2, 0.25) is 0 Å². The van der Waals surface area contributed by atoms with Crippen molar-refractivity contribution in [2.75, 3.05) is 5.32 Å². The van der Waals surface area contributed by atoms with Crippen LogP contribution >= 0.6 is 15.9 Å². The number of hydrogen-bond donors (Lipinski definition) is 1. The summed E-state index contributed by atoms with van der Waals surface area (Å²) in [6.07, 6.45) is 7.05. The van der Waals surface area contributed by atoms with E-state index in [2.05, 4.69) is 21.2 Å². The first-order chi connectivity index (χ1) is 9.19. The van der Waals surface area contributed by atoms with E-state index < -0.39 is 0 Å². The van der Waals surface area contributed by atoms with E-state index in [-0.39, 0.29) is 5.82 Å². The number of anilines is 1. The molecule has 4 bridgehead atoms. The van der Waals surface area contributed by atoms with Crippen LogP contribution in [0.15, 0.2) is 22.7 Å². The largest absolute Gasteiger partial charge is 0.382 e. The van der Waals surface area contributed by atoms with Crippen molar-refractivity contribution in [2.24, 2.45) is 23.7 Å². The minimum absolute atomic E-state index is 0.172. The monoisotopic (exact) mass is 323 g/mol. The molecule has 4 aliphatic rings. The lowest BCUT2D eigenvalue weighted by atomic mass is 9.54. The summed E-state index contributed by atoms with van der Waals surface area (Å²) < 4.78 is 14.2. The lowest BCUT2D eigenvalue weighted by Crippen LogP contribution is -2.51. The molecule has 1 N–H and O–H groups in total. The van der Waals surface area contributed by atoms with Gasteiger partial charge in [0.1, 0.15) is 5.82 Å². The van der Waals surface area contributed by atoms with E-state index in [1.807, 2.05) is 6.07 Å². The van der Waals surface area contributed by atoms with Gasteiger partial charge >= 0.3 is 0 Å². The van der Waals surface area contributed by atoms with Crippen molar-refractivity contribution < 1.29 is 4.39 Å². The van der Waals surface area contributed by atoms with E-state index in [4.69, 9.17) is 0 Å². The van der Waals surface area contributed by atoms with E-state index in [9.17, 15) is 4.39 Å². The fourth-order valence-corrected chi connectivity index (χ4v) is 5.19. The lowest BCUT2D eigenvalue weighted by molar-refractivity contribution is 0.00753. The van der Waals surface area contributed by atoms with Gasteiger partial charge < -0.3 is 5.32 Å². The Kier molecular flexibility index (Phi) is 2.87. The zero-order valence-corrected chi connectivity index (χ0v) is 12.5. The molecule has 0 atom stereocenters. The topological polar surface area (TPSA) is 12.0 Å². The summed E-state index contributed by atoms with van der Waals surface area (Å²) in [5.41, 5.74) is 0.943. The van der Waals surface area contributed by atoms with Crippen molar-refractivity contribution >= 4 is 21.6 Å². The van der Waals surface area contributed by atoms with Gasteiger partial charge in [0, 0.05) is 11.7 Å². The summed E-state index contributed by atoms with van der Waals surface area (Å²) in [5, 5.41) is 3.63. The van der Waals surface area contributed by atoms with Gasteiger partial charge in [-0.2, -0.15) is 0 Å². The van der Waals surface area contributed by atoms with Gasteiger partial charge in [-0.1, -0.05) is 0 Å². The zero-order chi connectivity index (χ0) is 13.0. The van der Waals surface area contributed by atoms with Crippen LogP contribution in [-0.2, 0) is 0 Å². The molecule has 5 rings (SSSR count). The number of halogens is 2. The van der Waals surface area contributed by atoms with E-state index in [1.165, 1.54) is 32.1 Å². The molecule has 0 heterocycles. The first-order valence-electron chi connectivity index (χ1n) is 7.40. The maximum Gasteiger partial charge on any atom is 0.139 e. The molecule has 0 aromatic heterocycles. The standard InChI is InChI=1S/C16H19BrFN/c17-14-2-1-13(8-15(14)18)19-16-11-4-9-3-10(6-11)7-12(16)5-9/h1-2,8-12,16,19H,3-7H2. The molecule has 1 aromatic rings. The van der Waals surface area contributed by atoms with Crippen molar-refractivity contribution in [3.8, 4) is 0 Å². The predicted octanol–water partition coefficient (Wildman–Crippen LogP) is 4.82. The van der Waals surface area contributed by atoms with Crippen LogP contribution in [0.3, 0.4) is 0 Å². The molecule has 0 amide bonds. The minimum Gasteiger partial charge on any atom is -0.382 e. The number of benzene rings is 1. The molecule has 0 spiro atoms. The highest BCUT2D eigenvalue weighted by molar-refractivity contribution is 9.10. The fourth-order valence-electron chi connectivity index (χ4n) is 4.94. The Morgan fingerprint density at radius 3 is 2.21 bits per heavy atom. The second-order valence-electron chi connectivity index (χ2n) is 6.73.